The molecule has 4 N–H and O–H groups in total. The lowest BCUT2D eigenvalue weighted by molar-refractivity contribution is -0.121. The monoisotopic (exact) mass is 633 g/mol. The average molecular weight is 634 g/mol. The molecule has 0 aromatic carbocycles. The number of unbranched alkanes of at least 4 members (excludes halogenated alkanes) is 3. The Morgan fingerprint density at radius 1 is 1.02 bits per heavy atom. The van der Waals surface area contributed by atoms with Crippen molar-refractivity contribution in [2.45, 2.75) is 86.0 Å². The molecule has 0 aromatic rings. The Labute approximate surface area is 278 Å². The summed E-state index contributed by atoms with van der Waals surface area (Å²) in [6.07, 6.45) is 14.1. The first-order valence-electron chi connectivity index (χ1n) is 17.1. The molecule has 8 heteroatoms. The van der Waals surface area contributed by atoms with Crippen LogP contribution in [0.25, 0.3) is 0 Å². The molecule has 1 fully saturated rings. The quantitative estimate of drug-likeness (QED) is 0.179. The predicted octanol–water partition coefficient (Wildman–Crippen LogP) is 7.29. The first-order valence-corrected chi connectivity index (χ1v) is 17.1. The second-order valence-corrected chi connectivity index (χ2v) is 13.3. The number of rotatable bonds is 11. The van der Waals surface area contributed by atoms with E-state index in [9.17, 15) is 9.90 Å². The molecular formula is C39H47N5O3. The fraction of sp³-hybridized carbons (Fsp3) is 0.436. The molecule has 5 heterocycles. The lowest BCUT2D eigenvalue weighted by Gasteiger charge is -2.18. The van der Waals surface area contributed by atoms with E-state index in [0.29, 0.717) is 31.6 Å². The molecule has 0 spiro atoms. The van der Waals surface area contributed by atoms with Gasteiger partial charge in [0.1, 0.15) is 5.76 Å². The molecule has 8 bridgehead atoms. The Bertz CT molecular complexity index is 1780. The Balaban J connectivity index is 1.41. The van der Waals surface area contributed by atoms with Gasteiger partial charge in [0.15, 0.2) is 0 Å². The molecule has 246 valence electrons. The number of hydrogen-bond donors (Lipinski definition) is 4. The van der Waals surface area contributed by atoms with Gasteiger partial charge in [0, 0.05) is 65.9 Å². The van der Waals surface area contributed by atoms with E-state index in [-0.39, 0.29) is 24.3 Å². The topological polar surface area (TPSA) is 119 Å². The smallest absolute Gasteiger partial charge is 0.220 e. The number of allylic oxidation sites excluding steroid dienone is 12. The number of amides is 1. The van der Waals surface area contributed by atoms with Crippen molar-refractivity contribution in [1.29, 1.82) is 0 Å². The van der Waals surface area contributed by atoms with Gasteiger partial charge in [-0.2, -0.15) is 0 Å². The molecule has 0 saturated carbocycles. The van der Waals surface area contributed by atoms with Crippen LogP contribution < -0.4 is 10.6 Å². The van der Waals surface area contributed by atoms with Crippen molar-refractivity contribution in [2.75, 3.05) is 13.2 Å². The number of fused-ring (bicyclic) bond motifs is 5. The second kappa shape index (κ2) is 13.4. The molecule has 6 rings (SSSR count). The molecule has 5 aliphatic heterocycles. The van der Waals surface area contributed by atoms with Gasteiger partial charge in [-0.3, -0.25) is 4.79 Å². The molecule has 1 amide bonds. The van der Waals surface area contributed by atoms with Crippen LogP contribution in [0.2, 0.25) is 0 Å². The highest BCUT2D eigenvalue weighted by atomic mass is 16.3. The molecule has 2 atom stereocenters. The lowest BCUT2D eigenvalue weighted by Crippen LogP contribution is -2.25. The van der Waals surface area contributed by atoms with E-state index in [0.717, 1.165) is 111 Å². The summed E-state index contributed by atoms with van der Waals surface area (Å²) in [4.78, 5) is 28.3. The van der Waals surface area contributed by atoms with Gasteiger partial charge in [0.25, 0.3) is 0 Å². The van der Waals surface area contributed by atoms with Gasteiger partial charge in [-0.15, -0.1) is 0 Å². The summed E-state index contributed by atoms with van der Waals surface area (Å²) in [5, 5.41) is 27.2. The van der Waals surface area contributed by atoms with E-state index in [2.05, 4.69) is 63.1 Å². The summed E-state index contributed by atoms with van der Waals surface area (Å²) in [7, 11) is 0. The number of aliphatic hydroxyl groups is 2. The van der Waals surface area contributed by atoms with Crippen molar-refractivity contribution < 1.29 is 15.0 Å². The van der Waals surface area contributed by atoms with Crippen molar-refractivity contribution in [1.82, 2.24) is 10.6 Å². The highest BCUT2D eigenvalue weighted by molar-refractivity contribution is 6.21. The van der Waals surface area contributed by atoms with Crippen LogP contribution in [0, 0.1) is 11.8 Å². The Kier molecular flexibility index (Phi) is 9.33. The number of hydrogen-bond acceptors (Lipinski definition) is 7. The molecule has 1 saturated heterocycles. The molecule has 0 radical (unpaired) electrons. The van der Waals surface area contributed by atoms with Gasteiger partial charge in [0.05, 0.1) is 34.2 Å². The number of nitrogens with one attached hydrogen (secondary N) is 2. The van der Waals surface area contributed by atoms with Gasteiger partial charge < -0.3 is 20.8 Å². The first kappa shape index (κ1) is 32.6. The summed E-state index contributed by atoms with van der Waals surface area (Å²) < 4.78 is 0. The van der Waals surface area contributed by atoms with Crippen LogP contribution in [0.1, 0.15) is 86.0 Å². The summed E-state index contributed by atoms with van der Waals surface area (Å²) in [6.45, 7) is 15.6. The normalized spacial score (nSPS) is 23.3. The Morgan fingerprint density at radius 3 is 2.51 bits per heavy atom. The van der Waals surface area contributed by atoms with Crippen molar-refractivity contribution in [3.05, 3.63) is 104 Å². The maximum atomic E-state index is 13.0. The van der Waals surface area contributed by atoms with Crippen LogP contribution in [0.4, 0.5) is 0 Å². The number of carbonyl (C=O) groups is 1. The largest absolute Gasteiger partial charge is 0.511 e. The Hall–Kier alpha value is -4.30. The third kappa shape index (κ3) is 6.00. The van der Waals surface area contributed by atoms with Gasteiger partial charge in [-0.05, 0) is 87.0 Å². The minimum Gasteiger partial charge on any atom is -0.511 e. The highest BCUT2D eigenvalue weighted by Gasteiger charge is 2.41. The fourth-order valence-corrected chi connectivity index (χ4v) is 7.58. The van der Waals surface area contributed by atoms with Crippen molar-refractivity contribution in [3.8, 4) is 0 Å². The van der Waals surface area contributed by atoms with Crippen molar-refractivity contribution in [3.63, 3.8) is 0 Å². The van der Waals surface area contributed by atoms with E-state index in [4.69, 9.17) is 20.1 Å². The minimum atomic E-state index is 0.0406. The van der Waals surface area contributed by atoms with Crippen LogP contribution in [0.15, 0.2) is 119 Å². The highest BCUT2D eigenvalue weighted by Crippen LogP contribution is 2.46. The standard InChI is InChI=1S/C39H47N5O3/c1-7-25-21(3)29-18-31-23(5)27(13-14-36(47)40-15-11-9-10-12-16-45)38(43-31)28-17-35(46)37-24(6)32(44-39(28)37)20-34-26(8-2)22(4)30(42-34)19-33(25)41-29/h7,18-20,23,27,43,45-46H,1,8-17H2,2-6H3,(H,40,47)/t23-,27-/m0/s1. The maximum Gasteiger partial charge on any atom is 0.220 e. The van der Waals surface area contributed by atoms with E-state index in [1.165, 1.54) is 5.57 Å². The van der Waals surface area contributed by atoms with E-state index in [1.807, 2.05) is 13.0 Å². The van der Waals surface area contributed by atoms with Gasteiger partial charge in [-0.1, -0.05) is 39.3 Å². The third-order valence-electron chi connectivity index (χ3n) is 10.4. The van der Waals surface area contributed by atoms with Crippen molar-refractivity contribution >= 4 is 23.0 Å². The number of nitrogens with zero attached hydrogens (tertiary/aromatic N) is 3. The van der Waals surface area contributed by atoms with Gasteiger partial charge in [-0.25, -0.2) is 15.0 Å². The SMILES string of the molecule is C=CC1=C(C)C2=NC1=CC1=NC(=CC3=C(C)C4=C(O)CC(=C5NC(=C2)[C@@H](C)[C@@H]5CCC(=O)NCCCCCCO)C4=N3)C(CC)=C1C. The van der Waals surface area contributed by atoms with Crippen LogP contribution in [0.5, 0.6) is 0 Å². The zero-order chi connectivity index (χ0) is 33.4. The molecule has 0 unspecified atom stereocenters. The summed E-state index contributed by atoms with van der Waals surface area (Å²) in [6, 6.07) is 0. The van der Waals surface area contributed by atoms with Crippen LogP contribution in [-0.2, 0) is 4.79 Å². The maximum absolute atomic E-state index is 13.0. The third-order valence-corrected chi connectivity index (χ3v) is 10.4. The van der Waals surface area contributed by atoms with Crippen LogP contribution in [-0.4, -0.2) is 46.4 Å². The predicted molar refractivity (Wildman–Crippen MR) is 190 cm³/mol. The molecule has 6 aliphatic rings. The first-order chi connectivity index (χ1) is 22.7. The number of carbonyl (C=O) groups excluding carboxylic acids is 1. The molecule has 47 heavy (non-hydrogen) atoms. The number of aliphatic imine (C=N–C) groups is 3. The molecular weight excluding hydrogens is 586 g/mol. The second-order valence-electron chi connectivity index (χ2n) is 13.3. The molecule has 1 aliphatic carbocycles. The Morgan fingerprint density at radius 2 is 1.77 bits per heavy atom. The summed E-state index contributed by atoms with van der Waals surface area (Å²) in [5.41, 5.74) is 14.4. The average Bonchev–Trinajstić information content (AvgIpc) is 3.80. The van der Waals surface area contributed by atoms with E-state index >= 15 is 0 Å². The van der Waals surface area contributed by atoms with Crippen LogP contribution >= 0.6 is 0 Å². The summed E-state index contributed by atoms with van der Waals surface area (Å²) >= 11 is 0. The summed E-state index contributed by atoms with van der Waals surface area (Å²) in [5.74, 6) is 0.520. The van der Waals surface area contributed by atoms with E-state index in [1.54, 1.807) is 0 Å². The molecule has 0 aromatic heterocycles. The lowest BCUT2D eigenvalue weighted by atomic mass is 9.86. The zero-order valence-electron chi connectivity index (χ0n) is 28.4. The zero-order valence-corrected chi connectivity index (χ0v) is 28.4. The van der Waals surface area contributed by atoms with Crippen molar-refractivity contribution in [2.24, 2.45) is 26.8 Å². The van der Waals surface area contributed by atoms with Gasteiger partial charge in [0.2, 0.25) is 5.91 Å². The number of aliphatic hydroxyl groups excluding tert-OH is 2. The van der Waals surface area contributed by atoms with Gasteiger partial charge >= 0.3 is 0 Å². The molecule has 8 nitrogen and oxygen atoms in total. The van der Waals surface area contributed by atoms with E-state index < -0.39 is 0 Å². The minimum absolute atomic E-state index is 0.0406. The fourth-order valence-electron chi connectivity index (χ4n) is 7.58. The van der Waals surface area contributed by atoms with Crippen LogP contribution in [0.3, 0.4) is 0 Å².